The minimum absolute atomic E-state index is 0.286. The normalized spacial score (nSPS) is 25.9. The van der Waals surface area contributed by atoms with Crippen LogP contribution in [0.25, 0.3) is 0 Å². The molecule has 0 aromatic heterocycles. The van der Waals surface area contributed by atoms with Gasteiger partial charge in [-0.2, -0.15) is 0 Å². The van der Waals surface area contributed by atoms with E-state index in [-0.39, 0.29) is 6.03 Å². The molecule has 3 atom stereocenters. The van der Waals surface area contributed by atoms with E-state index in [1.165, 1.54) is 13.5 Å². The second-order valence-electron chi connectivity index (χ2n) is 8.42. The summed E-state index contributed by atoms with van der Waals surface area (Å²) in [5, 5.41) is 5.79. The lowest BCUT2D eigenvalue weighted by atomic mass is 9.89. The Bertz CT molecular complexity index is 792. The van der Waals surface area contributed by atoms with Gasteiger partial charge in [0.2, 0.25) is 0 Å². The fourth-order valence-electron chi connectivity index (χ4n) is 4.62. The molecule has 2 heterocycles. The van der Waals surface area contributed by atoms with Crippen LogP contribution in [0.3, 0.4) is 0 Å². The summed E-state index contributed by atoms with van der Waals surface area (Å²) in [6, 6.07) is 5.24. The molecule has 1 saturated heterocycles. The number of likely N-dealkylation sites (tertiary alicyclic amines) is 1. The summed E-state index contributed by atoms with van der Waals surface area (Å²) >= 11 is 0. The van der Waals surface area contributed by atoms with Crippen molar-refractivity contribution >= 4 is 12.0 Å². The number of benzene rings is 1. The second-order valence-corrected chi connectivity index (χ2v) is 8.42. The van der Waals surface area contributed by atoms with E-state index in [1.54, 1.807) is 0 Å². The van der Waals surface area contributed by atoms with Crippen molar-refractivity contribution in [2.75, 3.05) is 26.7 Å². The number of methoxy groups -OCH3 is 1. The van der Waals surface area contributed by atoms with Crippen LogP contribution in [-0.2, 0) is 9.53 Å². The van der Waals surface area contributed by atoms with Gasteiger partial charge in [-0.15, -0.1) is 0 Å². The molecule has 0 radical (unpaired) electrons. The number of hydrogen-bond donors (Lipinski definition) is 2. The molecule has 2 N–H and O–H groups in total. The van der Waals surface area contributed by atoms with Gasteiger partial charge in [-0.05, 0) is 43.2 Å². The predicted octanol–water partition coefficient (Wildman–Crippen LogP) is 3.06. The fraction of sp³-hybridized carbons (Fsp3) is 0.545. The summed E-state index contributed by atoms with van der Waals surface area (Å²) in [5.41, 5.74) is 4.22. The van der Waals surface area contributed by atoms with E-state index in [2.05, 4.69) is 35.4 Å². The van der Waals surface area contributed by atoms with Gasteiger partial charge < -0.3 is 15.4 Å². The standard InChI is InChI=1S/C22H31N3O3/c1-13-6-7-17(16(4)9-13)20-19(21(26)28-5)18(23-22(27)24-20)12-25-10-14(2)8-15(3)11-25/h6-7,9,14-15,20H,8,10-12H2,1-5H3,(H2,23,24,27). The molecule has 0 aliphatic carbocycles. The SMILES string of the molecule is COC(=O)C1=C(CN2CC(C)CC(C)C2)NC(=O)NC1c1ccc(C)cc1C. The maximum Gasteiger partial charge on any atom is 0.338 e. The Balaban J connectivity index is 2.00. The summed E-state index contributed by atoms with van der Waals surface area (Å²) in [7, 11) is 1.38. The zero-order valence-electron chi connectivity index (χ0n) is 17.5. The summed E-state index contributed by atoms with van der Waals surface area (Å²) in [6.07, 6.45) is 1.21. The maximum absolute atomic E-state index is 12.7. The first-order valence-corrected chi connectivity index (χ1v) is 9.96. The molecule has 1 aromatic carbocycles. The molecule has 2 aliphatic heterocycles. The van der Waals surface area contributed by atoms with Gasteiger partial charge in [-0.25, -0.2) is 9.59 Å². The monoisotopic (exact) mass is 385 g/mol. The molecule has 6 heteroatoms. The van der Waals surface area contributed by atoms with Crippen LogP contribution >= 0.6 is 0 Å². The van der Waals surface area contributed by atoms with Gasteiger partial charge in [0.25, 0.3) is 0 Å². The number of rotatable bonds is 4. The largest absolute Gasteiger partial charge is 0.466 e. The third kappa shape index (κ3) is 4.38. The molecule has 2 amide bonds. The molecule has 2 aliphatic rings. The molecule has 28 heavy (non-hydrogen) atoms. The van der Waals surface area contributed by atoms with Crippen molar-refractivity contribution in [3.8, 4) is 0 Å². The molecule has 6 nitrogen and oxygen atoms in total. The number of urea groups is 1. The van der Waals surface area contributed by atoms with E-state index in [9.17, 15) is 9.59 Å². The van der Waals surface area contributed by atoms with E-state index in [0.29, 0.717) is 29.7 Å². The first kappa shape index (κ1) is 20.4. The first-order valence-electron chi connectivity index (χ1n) is 9.96. The maximum atomic E-state index is 12.7. The van der Waals surface area contributed by atoms with Crippen LogP contribution in [-0.4, -0.2) is 43.6 Å². The summed E-state index contributed by atoms with van der Waals surface area (Å²) < 4.78 is 5.10. The summed E-state index contributed by atoms with van der Waals surface area (Å²) in [6.45, 7) is 11.0. The van der Waals surface area contributed by atoms with Gasteiger partial charge in [0, 0.05) is 25.3 Å². The highest BCUT2D eigenvalue weighted by Gasteiger charge is 2.35. The second kappa shape index (κ2) is 8.35. The number of carbonyl (C=O) groups excluding carboxylic acids is 2. The quantitative estimate of drug-likeness (QED) is 0.782. The van der Waals surface area contributed by atoms with Crippen LogP contribution in [0.4, 0.5) is 4.79 Å². The number of carbonyl (C=O) groups is 2. The van der Waals surface area contributed by atoms with E-state index < -0.39 is 12.0 Å². The van der Waals surface area contributed by atoms with Crippen LogP contribution in [0.2, 0.25) is 0 Å². The van der Waals surface area contributed by atoms with Crippen LogP contribution in [0.15, 0.2) is 29.5 Å². The molecule has 152 valence electrons. The van der Waals surface area contributed by atoms with Crippen LogP contribution in [0.1, 0.15) is 43.0 Å². The number of piperidine rings is 1. The van der Waals surface area contributed by atoms with Crippen molar-refractivity contribution in [2.45, 2.75) is 40.2 Å². The first-order chi connectivity index (χ1) is 13.3. The van der Waals surface area contributed by atoms with E-state index in [0.717, 1.165) is 29.8 Å². The van der Waals surface area contributed by atoms with Gasteiger partial charge >= 0.3 is 12.0 Å². The Hall–Kier alpha value is -2.34. The Labute approximate surface area is 167 Å². The highest BCUT2D eigenvalue weighted by molar-refractivity contribution is 5.95. The zero-order valence-corrected chi connectivity index (χ0v) is 17.5. The molecule has 0 saturated carbocycles. The van der Waals surface area contributed by atoms with E-state index >= 15 is 0 Å². The van der Waals surface area contributed by atoms with Crippen molar-refractivity contribution in [1.82, 2.24) is 15.5 Å². The molecule has 0 spiro atoms. The van der Waals surface area contributed by atoms with Crippen LogP contribution < -0.4 is 10.6 Å². The molecular formula is C22H31N3O3. The van der Waals surface area contributed by atoms with Crippen molar-refractivity contribution in [3.63, 3.8) is 0 Å². The van der Waals surface area contributed by atoms with Gasteiger partial charge in [0.1, 0.15) is 0 Å². The Kier molecular flexibility index (Phi) is 6.08. The number of ether oxygens (including phenoxy) is 1. The summed E-state index contributed by atoms with van der Waals surface area (Å²) in [5.74, 6) is 0.780. The number of esters is 1. The van der Waals surface area contributed by atoms with Crippen LogP contribution in [0.5, 0.6) is 0 Å². The smallest absolute Gasteiger partial charge is 0.338 e. The number of aryl methyl sites for hydroxylation is 2. The predicted molar refractivity (Wildman–Crippen MR) is 109 cm³/mol. The molecule has 1 aromatic rings. The molecule has 3 rings (SSSR count). The van der Waals surface area contributed by atoms with Gasteiger partial charge in [-0.1, -0.05) is 37.6 Å². The number of hydrogen-bond acceptors (Lipinski definition) is 4. The lowest BCUT2D eigenvalue weighted by Crippen LogP contribution is -2.50. The molecular weight excluding hydrogens is 354 g/mol. The highest BCUT2D eigenvalue weighted by Crippen LogP contribution is 2.31. The minimum Gasteiger partial charge on any atom is -0.466 e. The molecule has 3 unspecified atom stereocenters. The number of nitrogens with zero attached hydrogens (tertiary/aromatic N) is 1. The Morgan fingerprint density at radius 2 is 1.89 bits per heavy atom. The zero-order chi connectivity index (χ0) is 20.4. The van der Waals surface area contributed by atoms with Gasteiger partial charge in [0.05, 0.1) is 18.7 Å². The van der Waals surface area contributed by atoms with Crippen molar-refractivity contribution in [2.24, 2.45) is 11.8 Å². The topological polar surface area (TPSA) is 70.7 Å². The average molecular weight is 386 g/mol. The van der Waals surface area contributed by atoms with E-state index in [4.69, 9.17) is 4.74 Å². The van der Waals surface area contributed by atoms with Crippen molar-refractivity contribution in [3.05, 3.63) is 46.2 Å². The molecule has 0 bridgehead atoms. The summed E-state index contributed by atoms with van der Waals surface area (Å²) in [4.78, 5) is 27.5. The average Bonchev–Trinajstić information content (AvgIpc) is 2.59. The number of nitrogens with one attached hydrogen (secondary N) is 2. The third-order valence-electron chi connectivity index (χ3n) is 5.62. The Morgan fingerprint density at radius 1 is 1.21 bits per heavy atom. The molecule has 1 fully saturated rings. The fourth-order valence-corrected chi connectivity index (χ4v) is 4.62. The van der Waals surface area contributed by atoms with Crippen molar-refractivity contribution in [1.29, 1.82) is 0 Å². The highest BCUT2D eigenvalue weighted by atomic mass is 16.5. The number of amides is 2. The lowest BCUT2D eigenvalue weighted by molar-refractivity contribution is -0.136. The minimum atomic E-state index is -0.517. The Morgan fingerprint density at radius 3 is 2.50 bits per heavy atom. The van der Waals surface area contributed by atoms with Crippen LogP contribution in [0, 0.1) is 25.7 Å². The van der Waals surface area contributed by atoms with E-state index in [1.807, 2.05) is 26.0 Å². The third-order valence-corrected chi connectivity index (χ3v) is 5.62. The van der Waals surface area contributed by atoms with Crippen molar-refractivity contribution < 1.29 is 14.3 Å². The lowest BCUT2D eigenvalue weighted by Gasteiger charge is -2.37. The van der Waals surface area contributed by atoms with Gasteiger partial charge in [-0.3, -0.25) is 4.90 Å². The van der Waals surface area contributed by atoms with Gasteiger partial charge in [0.15, 0.2) is 0 Å².